The number of carbonyl (C=O) groups excluding carboxylic acids is 1. The Morgan fingerprint density at radius 1 is 0.340 bits per heavy atom. The third-order valence-electron chi connectivity index (χ3n) is 22.0. The normalized spacial score (nSPS) is 12.3. The smallest absolute Gasteiger partial charge is 0.331 e. The molecule has 5 aromatic carbocycles. The van der Waals surface area contributed by atoms with Crippen molar-refractivity contribution in [3.05, 3.63) is 411 Å². The second kappa shape index (κ2) is 50.3. The van der Waals surface area contributed by atoms with Gasteiger partial charge < -0.3 is 42.6 Å². The molecule has 3 radical (unpaired) electrons. The highest BCUT2D eigenvalue weighted by Crippen LogP contribution is 2.38. The van der Waals surface area contributed by atoms with Gasteiger partial charge in [0.25, 0.3) is 27.8 Å². The Kier molecular flexibility index (Phi) is 37.6. The second-order valence-electron chi connectivity index (χ2n) is 35.2. The Morgan fingerprint density at radius 2 is 0.590 bits per heavy atom. The van der Waals surface area contributed by atoms with Crippen molar-refractivity contribution in [3.8, 4) is 70.3 Å². The number of aromatic nitrogens is 14. The van der Waals surface area contributed by atoms with Gasteiger partial charge in [0.15, 0.2) is 12.6 Å². The van der Waals surface area contributed by atoms with Crippen LogP contribution in [-0.2, 0) is 45.1 Å². The van der Waals surface area contributed by atoms with Crippen LogP contribution >= 0.6 is 0 Å². The average Bonchev–Trinajstić information content (AvgIpc) is 1.40. The lowest BCUT2D eigenvalue weighted by molar-refractivity contribution is -0.0444. The number of aromatic amines is 6. The lowest BCUT2D eigenvalue weighted by atomic mass is 10.1. The van der Waals surface area contributed by atoms with Gasteiger partial charge in [0.05, 0.1) is 92.6 Å². The fraction of sp³-hybridized carbons (Fsp3) is 0.280. The summed E-state index contributed by atoms with van der Waals surface area (Å²) in [5, 5.41) is 17.6. The lowest BCUT2D eigenvalue weighted by Gasteiger charge is -2.19. The summed E-state index contributed by atoms with van der Waals surface area (Å²) in [5.74, 6) is 2.52. The molecular formula is C107H110BN16O20. The van der Waals surface area contributed by atoms with Crippen molar-refractivity contribution in [1.82, 2.24) is 68.1 Å². The second-order valence-corrected chi connectivity index (χ2v) is 35.2. The van der Waals surface area contributed by atoms with Crippen molar-refractivity contribution >= 4 is 26.9 Å². The summed E-state index contributed by atoms with van der Waals surface area (Å²) in [7, 11) is 0. The summed E-state index contributed by atoms with van der Waals surface area (Å²) in [6, 6.07) is 45.5. The van der Waals surface area contributed by atoms with Gasteiger partial charge in [0, 0.05) is 86.8 Å². The third-order valence-corrected chi connectivity index (χ3v) is 22.0. The van der Waals surface area contributed by atoms with Gasteiger partial charge in [-0.1, -0.05) is 93.5 Å². The van der Waals surface area contributed by atoms with Crippen LogP contribution in [0.3, 0.4) is 0 Å². The third kappa shape index (κ3) is 28.7. The van der Waals surface area contributed by atoms with Crippen LogP contribution in [0.4, 0.5) is 0 Å². The molecule has 0 amide bonds. The van der Waals surface area contributed by atoms with Crippen molar-refractivity contribution in [3.63, 3.8) is 0 Å². The maximum Gasteiger partial charge on any atom is 0.331 e. The van der Waals surface area contributed by atoms with Gasteiger partial charge in [-0.2, -0.15) is 10.5 Å². The molecule has 0 aliphatic carbocycles. The van der Waals surface area contributed by atoms with Crippen LogP contribution in [0.5, 0.6) is 58.1 Å². The summed E-state index contributed by atoms with van der Waals surface area (Å²) < 4.78 is 58.3. The van der Waals surface area contributed by atoms with Crippen LogP contribution < -0.4 is 79.9 Å². The molecule has 0 saturated carbocycles. The highest BCUT2D eigenvalue weighted by molar-refractivity contribution is 5.76. The molecule has 36 nitrogen and oxygen atoms in total. The van der Waals surface area contributed by atoms with E-state index in [0.717, 1.165) is 78.6 Å². The molecular weight excluding hydrogens is 1840 g/mol. The van der Waals surface area contributed by atoms with Crippen LogP contribution in [-0.4, -0.2) is 109 Å². The first kappa shape index (κ1) is 108. The van der Waals surface area contributed by atoms with Gasteiger partial charge in [-0.25, -0.2) is 24.0 Å². The summed E-state index contributed by atoms with van der Waals surface area (Å²) in [6.07, 6.45) is 19.1. The van der Waals surface area contributed by atoms with Gasteiger partial charge in [0.2, 0.25) is 29.4 Å². The van der Waals surface area contributed by atoms with E-state index in [1.54, 1.807) is 135 Å². The zero-order valence-electron chi connectivity index (χ0n) is 82.2. The maximum absolute atomic E-state index is 12.7. The molecule has 37 heteroatoms. The van der Waals surface area contributed by atoms with Gasteiger partial charge in [-0.3, -0.25) is 96.9 Å². The van der Waals surface area contributed by atoms with Crippen molar-refractivity contribution < 1.29 is 47.4 Å². The summed E-state index contributed by atoms with van der Waals surface area (Å²) in [4.78, 5) is 166. The molecule has 0 spiro atoms. The van der Waals surface area contributed by atoms with Gasteiger partial charge in [-0.05, 0) is 253 Å². The topological polar surface area (TPSA) is 484 Å². The summed E-state index contributed by atoms with van der Waals surface area (Å²) in [5.41, 5.74) is 8.50. The SMILES string of the molecule is Cc1cc(/C=C/C#N)cc(Oc2c(C(C)C)c(=O)[nH]c(=O)n2Cc2ccncc2)c1.Cc1cc(/C=C/C#N)cc(Oc2c(C(C)C)c(=O)[nH]c(=O)n2Cc2ccncc2)c1.Cc1cc(C=O)cc(Oc2c(C(C)C)c(=O)[nH]c(=O)n2Cc2ccncc2)c1.Cc1cc(Oc2[nH]c(=O)[nH]c(=O)c2C(C)C)cc(C2OCCO2)c1.Cc1cc(Oc2c(C(C)C)c(=O)[nH]c(=O)n2Cc2ccncc2)cc(C2OCCO2)c1.[B]. The number of nitrogens with one attached hydrogen (secondary N) is 6. The number of pyridine rings is 4. The van der Waals surface area contributed by atoms with Crippen LogP contribution in [0.25, 0.3) is 12.2 Å². The molecule has 6 N–H and O–H groups in total. The fourth-order valence-corrected chi connectivity index (χ4v) is 15.7. The van der Waals surface area contributed by atoms with Gasteiger partial charge >= 0.3 is 28.4 Å². The largest absolute Gasteiger partial charge is 0.440 e. The van der Waals surface area contributed by atoms with E-state index in [9.17, 15) is 52.7 Å². The van der Waals surface area contributed by atoms with E-state index in [0.29, 0.717) is 88.6 Å². The molecule has 9 aromatic heterocycles. The average molecular weight is 1950 g/mol. The Hall–Kier alpha value is -16.9. The Labute approximate surface area is 828 Å². The number of rotatable bonds is 28. The molecule has 0 atom stereocenters. The van der Waals surface area contributed by atoms with E-state index in [-0.39, 0.29) is 93.6 Å². The quantitative estimate of drug-likeness (QED) is 0.0151. The molecule has 2 aliphatic rings. The lowest BCUT2D eigenvalue weighted by Crippen LogP contribution is -2.34. The standard InChI is InChI=1S/2C23H22N4O3.C23H25N3O5.C21H21N3O4.C17H20N2O5.B/c2*1-15(2)20-21(28)26-23(29)27(14-17-6-9-25-10-7-17)22(20)30-19-12-16(3)11-18(13-19)5-4-8-24;1-14(2)19-20(27)25-23(28)26(13-16-4-6-24-7-5-16)21(19)31-18-11-15(3)10-17(12-18)22-29-8-9-30-22;1-13(2)18-19(26)23-21(27)24(11-15-4-6-22-7-5-15)20(18)28-17-9-14(3)8-16(10-17)12-25;1-9(2)13-14(20)18-17(21)19-15(13)24-12-7-10(3)6-11(8-12)16-22-4-5-23-16;/h2*4-7,9-13,15H,14H2,1-3H3,(H,26,28,29);4-7,10-12,14,22H,8-9,13H2,1-3H3,(H,25,27,28);4-10,12-13H,11H2,1-3H3,(H,23,26,27);6-9,16H,4-5H2,1-3H3,(H2,18,19,20,21);/b2*5-4+;;;;. The summed E-state index contributed by atoms with van der Waals surface area (Å²) >= 11 is 0. The minimum atomic E-state index is -0.602. The molecule has 0 bridgehead atoms. The van der Waals surface area contributed by atoms with E-state index in [1.807, 2.05) is 183 Å². The monoisotopic (exact) mass is 1950 g/mol. The fourth-order valence-electron chi connectivity index (χ4n) is 15.7. The van der Waals surface area contributed by atoms with E-state index in [2.05, 4.69) is 49.8 Å². The predicted molar refractivity (Wildman–Crippen MR) is 543 cm³/mol. The first-order chi connectivity index (χ1) is 68.5. The molecule has 11 heterocycles. The zero-order valence-corrected chi connectivity index (χ0v) is 82.2. The first-order valence-electron chi connectivity index (χ1n) is 45.9. The molecule has 2 aliphatic heterocycles. The number of hydrogen-bond donors (Lipinski definition) is 6. The van der Waals surface area contributed by atoms with Crippen LogP contribution in [0.1, 0.15) is 222 Å². The Balaban J connectivity index is 0.000000172. The van der Waals surface area contributed by atoms with Crippen molar-refractivity contribution in [2.75, 3.05) is 26.4 Å². The number of hydrogen-bond acceptors (Lipinski definition) is 26. The molecule has 14 aromatic rings. The molecule has 2 saturated heterocycles. The number of aryl methyl sites for hydroxylation is 5. The number of benzene rings is 5. The highest BCUT2D eigenvalue weighted by Gasteiger charge is 2.29. The Bertz CT molecular complexity index is 7510. The van der Waals surface area contributed by atoms with Crippen LogP contribution in [0, 0.1) is 57.3 Å². The summed E-state index contributed by atoms with van der Waals surface area (Å²) in [6.45, 7) is 31.3. The molecule has 144 heavy (non-hydrogen) atoms. The van der Waals surface area contributed by atoms with Crippen molar-refractivity contribution in [2.24, 2.45) is 0 Å². The zero-order chi connectivity index (χ0) is 103. The minimum absolute atomic E-state index is 0. The van der Waals surface area contributed by atoms with Gasteiger partial charge in [-0.15, -0.1) is 0 Å². The van der Waals surface area contributed by atoms with E-state index < -0.39 is 68.8 Å². The van der Waals surface area contributed by atoms with E-state index >= 15 is 0 Å². The molecule has 2 fully saturated rings. The van der Waals surface area contributed by atoms with E-state index in [4.69, 9.17) is 53.2 Å². The van der Waals surface area contributed by atoms with Gasteiger partial charge in [0.1, 0.15) is 35.0 Å². The molecule has 0 unspecified atom stereocenters. The predicted octanol–water partition coefficient (Wildman–Crippen LogP) is 15.7. The Morgan fingerprint density at radius 3 is 0.861 bits per heavy atom. The van der Waals surface area contributed by atoms with Crippen molar-refractivity contribution in [1.29, 1.82) is 10.5 Å². The number of nitrogens with zero attached hydrogens (tertiary/aromatic N) is 10. The van der Waals surface area contributed by atoms with E-state index in [1.165, 1.54) is 30.4 Å². The highest BCUT2D eigenvalue weighted by atomic mass is 16.7. The number of ether oxygens (including phenoxy) is 9. The number of H-pyrrole nitrogens is 6. The number of allylic oxidation sites excluding steroid dienone is 2. The number of nitriles is 2. The maximum atomic E-state index is 12.7. The first-order valence-corrected chi connectivity index (χ1v) is 45.9. The minimum Gasteiger partial charge on any atom is -0.440 e. The number of aldehydes is 1. The van der Waals surface area contributed by atoms with Crippen LogP contribution in [0.2, 0.25) is 0 Å². The molecule has 16 rings (SSSR count). The van der Waals surface area contributed by atoms with Crippen molar-refractivity contribution in [2.45, 2.75) is 172 Å². The van der Waals surface area contributed by atoms with Crippen LogP contribution in [0.15, 0.2) is 249 Å². The number of carbonyl (C=O) groups is 1. The molecule has 741 valence electrons.